The smallest absolute Gasteiger partial charge is 0.329 e. The molecule has 0 unspecified atom stereocenters. The molecule has 1 aliphatic heterocycles. The highest BCUT2D eigenvalue weighted by molar-refractivity contribution is 7.91. The van der Waals surface area contributed by atoms with E-state index >= 15 is 0 Å². The number of methoxy groups -OCH3 is 1. The van der Waals surface area contributed by atoms with Gasteiger partial charge in [-0.1, -0.05) is 42.5 Å². The molecule has 158 valence electrons. The largest absolute Gasteiger partial charge is 0.497 e. The van der Waals surface area contributed by atoms with E-state index in [1.54, 1.807) is 66.7 Å². The first-order chi connectivity index (χ1) is 14.9. The van der Waals surface area contributed by atoms with E-state index in [0.29, 0.717) is 16.9 Å². The number of ether oxygens (including phenoxy) is 1. The van der Waals surface area contributed by atoms with Crippen molar-refractivity contribution in [2.75, 3.05) is 18.0 Å². The van der Waals surface area contributed by atoms with Crippen molar-refractivity contribution in [3.05, 3.63) is 95.6 Å². The summed E-state index contributed by atoms with van der Waals surface area (Å²) in [6, 6.07) is 21.7. The lowest BCUT2D eigenvalue weighted by molar-refractivity contribution is 0.0848. The van der Waals surface area contributed by atoms with Crippen LogP contribution in [0.5, 0.6) is 5.75 Å². The van der Waals surface area contributed by atoms with Crippen molar-refractivity contribution in [2.45, 2.75) is 6.54 Å². The number of hydrogen-bond donors (Lipinski definition) is 0. The van der Waals surface area contributed by atoms with Crippen LogP contribution in [0.4, 0.5) is 5.69 Å². The molecular formula is C23H20N2O5S. The molecule has 0 atom stereocenters. The maximum atomic E-state index is 13.4. The molecule has 3 aromatic rings. The number of benzene rings is 3. The first kappa shape index (κ1) is 20.6. The minimum Gasteiger partial charge on any atom is -0.497 e. The zero-order valence-corrected chi connectivity index (χ0v) is 17.6. The van der Waals surface area contributed by atoms with Crippen LogP contribution in [-0.4, -0.2) is 38.1 Å². The molecule has 0 radical (unpaired) electrons. The van der Waals surface area contributed by atoms with E-state index in [0.717, 1.165) is 8.61 Å². The number of rotatable bonds is 6. The number of nitrogens with zero attached hydrogens (tertiary/aromatic N) is 2. The van der Waals surface area contributed by atoms with Gasteiger partial charge in [-0.2, -0.15) is 8.42 Å². The van der Waals surface area contributed by atoms with Gasteiger partial charge in [0, 0.05) is 5.56 Å². The van der Waals surface area contributed by atoms with Crippen LogP contribution in [0, 0.1) is 0 Å². The number of carbonyl (C=O) groups excluding carboxylic acids is 2. The molecule has 31 heavy (non-hydrogen) atoms. The Bertz CT molecular complexity index is 1220. The molecular weight excluding hydrogens is 416 g/mol. The standard InChI is InChI=1S/C23H20N2O5S/c1-30-19-13-11-18(12-14-19)22(26)16-24-21-10-6-5-9-20(21)23(27)25(31(24,28)29)15-17-7-3-2-4-8-17/h2-14H,15-16H2,1H3. The van der Waals surface area contributed by atoms with E-state index in [2.05, 4.69) is 0 Å². The Morgan fingerprint density at radius 3 is 2.19 bits per heavy atom. The Hall–Kier alpha value is -3.65. The number of amides is 1. The van der Waals surface area contributed by atoms with Crippen LogP contribution in [0.25, 0.3) is 0 Å². The molecule has 3 aromatic carbocycles. The minimum absolute atomic E-state index is 0.121. The molecule has 1 heterocycles. The second kappa shape index (κ2) is 8.23. The fourth-order valence-corrected chi connectivity index (χ4v) is 4.97. The van der Waals surface area contributed by atoms with E-state index in [1.807, 2.05) is 6.07 Å². The van der Waals surface area contributed by atoms with Gasteiger partial charge in [0.2, 0.25) is 0 Å². The van der Waals surface area contributed by atoms with Gasteiger partial charge < -0.3 is 4.74 Å². The third-order valence-electron chi connectivity index (χ3n) is 5.05. The van der Waals surface area contributed by atoms with Crippen molar-refractivity contribution >= 4 is 27.6 Å². The van der Waals surface area contributed by atoms with Gasteiger partial charge in [-0.3, -0.25) is 9.59 Å². The summed E-state index contributed by atoms with van der Waals surface area (Å²) in [5, 5.41) is 0. The summed E-state index contributed by atoms with van der Waals surface area (Å²) in [4.78, 5) is 25.9. The number of Topliss-reactive ketones (excluding diaryl/α,β-unsaturated/α-hetero) is 1. The Labute approximate surface area is 180 Å². The van der Waals surface area contributed by atoms with E-state index in [-0.39, 0.29) is 17.8 Å². The average molecular weight is 436 g/mol. The topological polar surface area (TPSA) is 84.0 Å². The normalized spacial score (nSPS) is 14.8. The fourth-order valence-electron chi connectivity index (χ4n) is 3.42. The van der Waals surface area contributed by atoms with Crippen molar-refractivity contribution in [1.82, 2.24) is 4.31 Å². The SMILES string of the molecule is COc1ccc(C(=O)CN2c3ccccc3C(=O)N(Cc3ccccc3)S2(=O)=O)cc1. The van der Waals surface area contributed by atoms with Gasteiger partial charge in [-0.05, 0) is 42.0 Å². The third kappa shape index (κ3) is 3.89. The number of anilines is 1. The molecule has 0 saturated heterocycles. The lowest BCUT2D eigenvalue weighted by Gasteiger charge is -2.36. The molecule has 7 nitrogen and oxygen atoms in total. The number of carbonyl (C=O) groups is 2. The van der Waals surface area contributed by atoms with Crippen LogP contribution in [0.3, 0.4) is 0 Å². The molecule has 0 aliphatic carbocycles. The van der Waals surface area contributed by atoms with Crippen LogP contribution < -0.4 is 9.04 Å². The van der Waals surface area contributed by atoms with Crippen molar-refractivity contribution in [3.63, 3.8) is 0 Å². The summed E-state index contributed by atoms with van der Waals surface area (Å²) >= 11 is 0. The zero-order chi connectivity index (χ0) is 22.0. The lowest BCUT2D eigenvalue weighted by Crippen LogP contribution is -2.52. The highest BCUT2D eigenvalue weighted by Crippen LogP contribution is 2.33. The predicted molar refractivity (Wildman–Crippen MR) is 116 cm³/mol. The van der Waals surface area contributed by atoms with Crippen LogP contribution >= 0.6 is 0 Å². The number of fused-ring (bicyclic) bond motifs is 1. The number of ketones is 1. The Kier molecular flexibility index (Phi) is 5.48. The van der Waals surface area contributed by atoms with Crippen LogP contribution in [-0.2, 0) is 16.8 Å². The zero-order valence-electron chi connectivity index (χ0n) is 16.8. The van der Waals surface area contributed by atoms with Crippen LogP contribution in [0.15, 0.2) is 78.9 Å². The fraction of sp³-hybridized carbons (Fsp3) is 0.130. The molecule has 4 rings (SSSR count). The summed E-state index contributed by atoms with van der Waals surface area (Å²) in [5.41, 5.74) is 1.44. The van der Waals surface area contributed by atoms with Gasteiger partial charge >= 0.3 is 10.2 Å². The van der Waals surface area contributed by atoms with Gasteiger partial charge in [-0.15, -0.1) is 0 Å². The summed E-state index contributed by atoms with van der Waals surface area (Å²) in [7, 11) is -2.75. The van der Waals surface area contributed by atoms with Crippen LogP contribution in [0.1, 0.15) is 26.3 Å². The third-order valence-corrected chi connectivity index (χ3v) is 6.79. The van der Waals surface area contributed by atoms with E-state index in [9.17, 15) is 18.0 Å². The number of hydrogen-bond acceptors (Lipinski definition) is 5. The first-order valence-electron chi connectivity index (χ1n) is 9.57. The van der Waals surface area contributed by atoms with Gasteiger partial charge in [0.15, 0.2) is 5.78 Å². The van der Waals surface area contributed by atoms with Gasteiger partial charge in [0.25, 0.3) is 5.91 Å². The van der Waals surface area contributed by atoms with Crippen LogP contribution in [0.2, 0.25) is 0 Å². The van der Waals surface area contributed by atoms with Crippen molar-refractivity contribution in [3.8, 4) is 5.75 Å². The minimum atomic E-state index is -4.27. The second-order valence-corrected chi connectivity index (χ2v) is 8.76. The molecule has 0 bridgehead atoms. The second-order valence-electron chi connectivity index (χ2n) is 6.98. The molecule has 0 saturated carbocycles. The van der Waals surface area contributed by atoms with E-state index < -0.39 is 28.4 Å². The number of para-hydroxylation sites is 1. The first-order valence-corrected chi connectivity index (χ1v) is 11.0. The highest BCUT2D eigenvalue weighted by Gasteiger charge is 2.42. The molecule has 8 heteroatoms. The van der Waals surface area contributed by atoms with Crippen molar-refractivity contribution in [2.24, 2.45) is 0 Å². The Balaban J connectivity index is 1.71. The molecule has 0 aromatic heterocycles. The van der Waals surface area contributed by atoms with Gasteiger partial charge in [0.05, 0.1) is 31.5 Å². The monoisotopic (exact) mass is 436 g/mol. The predicted octanol–water partition coefficient (Wildman–Crippen LogP) is 3.29. The van der Waals surface area contributed by atoms with Crippen molar-refractivity contribution in [1.29, 1.82) is 0 Å². The van der Waals surface area contributed by atoms with Gasteiger partial charge in [-0.25, -0.2) is 8.61 Å². The maximum Gasteiger partial charge on any atom is 0.329 e. The maximum absolute atomic E-state index is 13.4. The van der Waals surface area contributed by atoms with Gasteiger partial charge in [0.1, 0.15) is 5.75 Å². The van der Waals surface area contributed by atoms with E-state index in [4.69, 9.17) is 4.74 Å². The van der Waals surface area contributed by atoms with E-state index in [1.165, 1.54) is 13.2 Å². The molecule has 0 spiro atoms. The molecule has 1 amide bonds. The average Bonchev–Trinajstić information content (AvgIpc) is 2.80. The summed E-state index contributed by atoms with van der Waals surface area (Å²) < 4.78 is 33.7. The molecule has 0 N–H and O–H groups in total. The summed E-state index contributed by atoms with van der Waals surface area (Å²) in [6.07, 6.45) is 0. The summed E-state index contributed by atoms with van der Waals surface area (Å²) in [6.45, 7) is -0.548. The highest BCUT2D eigenvalue weighted by atomic mass is 32.2. The molecule has 1 aliphatic rings. The molecule has 0 fully saturated rings. The quantitative estimate of drug-likeness (QED) is 0.554. The Morgan fingerprint density at radius 2 is 1.52 bits per heavy atom. The summed E-state index contributed by atoms with van der Waals surface area (Å²) in [5.74, 6) is -0.422. The van der Waals surface area contributed by atoms with Crippen molar-refractivity contribution < 1.29 is 22.7 Å². The Morgan fingerprint density at radius 1 is 0.871 bits per heavy atom. The lowest BCUT2D eigenvalue weighted by atomic mass is 10.1.